The van der Waals surface area contributed by atoms with E-state index in [1.54, 1.807) is 6.92 Å². The number of rotatable bonds is 4. The van der Waals surface area contributed by atoms with Crippen LogP contribution in [0.3, 0.4) is 0 Å². The fourth-order valence-corrected chi connectivity index (χ4v) is 1.59. The van der Waals surface area contributed by atoms with Gasteiger partial charge in [0.25, 0.3) is 0 Å². The van der Waals surface area contributed by atoms with Crippen LogP contribution in [-0.2, 0) is 9.47 Å². The number of halogens is 2. The van der Waals surface area contributed by atoms with Crippen LogP contribution in [0.25, 0.3) is 0 Å². The van der Waals surface area contributed by atoms with Gasteiger partial charge in [-0.2, -0.15) is 0 Å². The molecule has 0 saturated carbocycles. The lowest BCUT2D eigenvalue weighted by Gasteiger charge is -2.11. The number of esters is 1. The molecule has 0 aliphatic rings. The molecule has 0 heterocycles. The first-order chi connectivity index (χ1) is 9.35. The second-order valence-corrected chi connectivity index (χ2v) is 4.78. The first-order valence-electron chi connectivity index (χ1n) is 5.50. The molecule has 0 radical (unpaired) electrons. The Morgan fingerprint density at radius 3 is 2.45 bits per heavy atom. The van der Waals surface area contributed by atoms with E-state index in [1.165, 1.54) is 19.2 Å². The first kappa shape index (κ1) is 16.3. The van der Waals surface area contributed by atoms with Gasteiger partial charge < -0.3 is 9.47 Å². The number of amides is 1. The molecule has 1 N–H and O–H groups in total. The normalized spacial score (nSPS) is 9.80. The molecule has 0 fully saturated rings. The van der Waals surface area contributed by atoms with E-state index in [9.17, 15) is 9.59 Å². The van der Waals surface area contributed by atoms with Crippen molar-refractivity contribution in [1.82, 2.24) is 0 Å². The van der Waals surface area contributed by atoms with Crippen LogP contribution in [-0.4, -0.2) is 25.8 Å². The summed E-state index contributed by atoms with van der Waals surface area (Å²) < 4.78 is 9.47. The molecule has 1 amide bonds. The van der Waals surface area contributed by atoms with Crippen molar-refractivity contribution in [2.45, 2.75) is 6.92 Å². The van der Waals surface area contributed by atoms with E-state index in [1.807, 2.05) is 0 Å². The minimum atomic E-state index is -0.739. The van der Waals surface area contributed by atoms with Gasteiger partial charge in [0.1, 0.15) is 6.61 Å². The van der Waals surface area contributed by atoms with E-state index in [-0.39, 0.29) is 27.9 Å². The average molecular weight is 318 g/mol. The van der Waals surface area contributed by atoms with Gasteiger partial charge in [0.15, 0.2) is 0 Å². The zero-order valence-electron chi connectivity index (χ0n) is 11.0. The molecular formula is C13H13Cl2NO4. The lowest BCUT2D eigenvalue weighted by atomic mass is 10.2. The van der Waals surface area contributed by atoms with Crippen molar-refractivity contribution in [2.75, 3.05) is 19.0 Å². The Morgan fingerprint density at radius 1 is 1.30 bits per heavy atom. The molecule has 0 spiro atoms. The quantitative estimate of drug-likeness (QED) is 0.675. The Labute approximate surface area is 126 Å². The minimum Gasteiger partial charge on any atom is -0.465 e. The highest BCUT2D eigenvalue weighted by Crippen LogP contribution is 2.29. The fraction of sp³-hybridized carbons (Fsp3) is 0.231. The Hall–Kier alpha value is -1.72. The molecule has 0 atom stereocenters. The zero-order valence-corrected chi connectivity index (χ0v) is 12.5. The van der Waals surface area contributed by atoms with E-state index in [0.29, 0.717) is 5.57 Å². The third-order valence-corrected chi connectivity index (χ3v) is 2.87. The monoisotopic (exact) mass is 317 g/mol. The first-order valence-corrected chi connectivity index (χ1v) is 6.26. The van der Waals surface area contributed by atoms with Gasteiger partial charge in [0.2, 0.25) is 0 Å². The number of methoxy groups -OCH3 is 1. The summed E-state index contributed by atoms with van der Waals surface area (Å²) in [5.41, 5.74) is 0.912. The second kappa shape index (κ2) is 7.17. The molecule has 0 bridgehead atoms. The van der Waals surface area contributed by atoms with Crippen LogP contribution in [0.15, 0.2) is 24.3 Å². The molecule has 0 unspecified atom stereocenters. The van der Waals surface area contributed by atoms with Crippen molar-refractivity contribution in [2.24, 2.45) is 0 Å². The number of nitrogens with one attached hydrogen (secondary N) is 1. The molecule has 1 aromatic rings. The Balaban J connectivity index is 2.98. The van der Waals surface area contributed by atoms with Crippen LogP contribution in [0, 0.1) is 0 Å². The molecule has 7 heteroatoms. The third kappa shape index (κ3) is 4.43. The summed E-state index contributed by atoms with van der Waals surface area (Å²) in [6, 6.07) is 2.66. The lowest BCUT2D eigenvalue weighted by Crippen LogP contribution is -2.17. The van der Waals surface area contributed by atoms with Crippen molar-refractivity contribution in [3.8, 4) is 0 Å². The van der Waals surface area contributed by atoms with E-state index in [2.05, 4.69) is 16.6 Å². The van der Waals surface area contributed by atoms with Crippen molar-refractivity contribution >= 4 is 41.0 Å². The Kier molecular flexibility index (Phi) is 5.85. The highest BCUT2D eigenvalue weighted by atomic mass is 35.5. The number of anilines is 1. The van der Waals surface area contributed by atoms with Crippen molar-refractivity contribution in [1.29, 1.82) is 0 Å². The molecule has 1 rings (SSSR count). The van der Waals surface area contributed by atoms with E-state index in [4.69, 9.17) is 27.9 Å². The Morgan fingerprint density at radius 2 is 1.90 bits per heavy atom. The predicted molar refractivity (Wildman–Crippen MR) is 77.6 cm³/mol. The van der Waals surface area contributed by atoms with Crippen molar-refractivity contribution in [3.05, 3.63) is 39.9 Å². The summed E-state index contributed by atoms with van der Waals surface area (Å²) in [6.07, 6.45) is -0.739. The van der Waals surface area contributed by atoms with Crippen LogP contribution in [0.1, 0.15) is 17.3 Å². The summed E-state index contributed by atoms with van der Waals surface area (Å²) in [4.78, 5) is 23.2. The van der Waals surface area contributed by atoms with E-state index in [0.717, 1.165) is 0 Å². The predicted octanol–water partition coefficient (Wildman–Crippen LogP) is 3.90. The highest BCUT2D eigenvalue weighted by molar-refractivity contribution is 6.42. The van der Waals surface area contributed by atoms with Crippen LogP contribution in [0.5, 0.6) is 0 Å². The molecule has 108 valence electrons. The van der Waals surface area contributed by atoms with Crippen molar-refractivity contribution in [3.63, 3.8) is 0 Å². The lowest BCUT2D eigenvalue weighted by molar-refractivity contribution is 0.0602. The summed E-state index contributed by atoms with van der Waals surface area (Å²) in [5.74, 6) is -0.654. The number of benzene rings is 1. The molecule has 20 heavy (non-hydrogen) atoms. The van der Waals surface area contributed by atoms with Crippen LogP contribution in [0.4, 0.5) is 10.5 Å². The van der Waals surface area contributed by atoms with Gasteiger partial charge in [-0.15, -0.1) is 0 Å². The van der Waals surface area contributed by atoms with E-state index < -0.39 is 12.1 Å². The Bertz CT molecular complexity index is 558. The highest BCUT2D eigenvalue weighted by Gasteiger charge is 2.17. The molecular weight excluding hydrogens is 305 g/mol. The number of carbonyl (C=O) groups excluding carboxylic acids is 2. The van der Waals surface area contributed by atoms with Crippen LogP contribution >= 0.6 is 23.2 Å². The van der Waals surface area contributed by atoms with Crippen LogP contribution < -0.4 is 5.32 Å². The SMILES string of the molecule is C=C(C)COC(=O)Nc1cc(Cl)c(Cl)cc1C(=O)OC. The molecule has 5 nitrogen and oxygen atoms in total. The summed E-state index contributed by atoms with van der Waals surface area (Å²) in [7, 11) is 1.22. The zero-order chi connectivity index (χ0) is 15.3. The second-order valence-electron chi connectivity index (χ2n) is 3.96. The molecule has 0 aliphatic heterocycles. The molecule has 1 aromatic carbocycles. The van der Waals surface area contributed by atoms with Gasteiger partial charge in [-0.3, -0.25) is 5.32 Å². The van der Waals surface area contributed by atoms with Crippen LogP contribution in [0.2, 0.25) is 10.0 Å². The molecule has 0 aromatic heterocycles. The number of hydrogen-bond donors (Lipinski definition) is 1. The number of hydrogen-bond acceptors (Lipinski definition) is 4. The fourth-order valence-electron chi connectivity index (χ4n) is 1.26. The largest absolute Gasteiger partial charge is 0.465 e. The molecule has 0 saturated heterocycles. The topological polar surface area (TPSA) is 64.6 Å². The number of ether oxygens (including phenoxy) is 2. The maximum absolute atomic E-state index is 11.6. The molecule has 0 aliphatic carbocycles. The smallest absolute Gasteiger partial charge is 0.411 e. The van der Waals surface area contributed by atoms with Gasteiger partial charge in [0.05, 0.1) is 28.4 Å². The summed E-state index contributed by atoms with van der Waals surface area (Å²) in [5, 5.41) is 2.77. The van der Waals surface area contributed by atoms with Gasteiger partial charge >= 0.3 is 12.1 Å². The summed E-state index contributed by atoms with van der Waals surface area (Å²) >= 11 is 11.7. The van der Waals surface area contributed by atoms with E-state index >= 15 is 0 Å². The number of carbonyl (C=O) groups is 2. The maximum Gasteiger partial charge on any atom is 0.411 e. The van der Waals surface area contributed by atoms with Crippen molar-refractivity contribution < 1.29 is 19.1 Å². The van der Waals surface area contributed by atoms with Gasteiger partial charge in [-0.25, -0.2) is 9.59 Å². The van der Waals surface area contributed by atoms with Gasteiger partial charge in [-0.1, -0.05) is 29.8 Å². The van der Waals surface area contributed by atoms with Gasteiger partial charge in [0, 0.05) is 0 Å². The average Bonchev–Trinajstić information content (AvgIpc) is 2.39. The third-order valence-electron chi connectivity index (χ3n) is 2.15. The summed E-state index contributed by atoms with van der Waals surface area (Å²) in [6.45, 7) is 5.39. The maximum atomic E-state index is 11.6. The van der Waals surface area contributed by atoms with Gasteiger partial charge in [-0.05, 0) is 24.6 Å². The minimum absolute atomic E-state index is 0.0702. The standard InChI is InChI=1S/C13H13Cl2NO4/c1-7(2)6-20-13(18)16-11-5-10(15)9(14)4-8(11)12(17)19-3/h4-5H,1,6H2,2-3H3,(H,16,18).